The molecule has 3 N–H and O–H groups in total. The first-order chi connectivity index (χ1) is 6.91. The lowest BCUT2D eigenvalue weighted by Crippen LogP contribution is -2.19. The summed E-state index contributed by atoms with van der Waals surface area (Å²) in [6.45, 7) is 1.62. The number of benzene rings is 1. The van der Waals surface area contributed by atoms with E-state index in [1.807, 2.05) is 0 Å². The number of carboxylic acids is 1. The highest BCUT2D eigenvalue weighted by Crippen LogP contribution is 2.16. The SMILES string of the molecule is CC(N)Cc1c(F)cc(C(=O)O)cc1F. The molecule has 0 radical (unpaired) electrons. The van der Waals surface area contributed by atoms with Gasteiger partial charge in [0.15, 0.2) is 0 Å². The molecular weight excluding hydrogens is 204 g/mol. The zero-order valence-electron chi connectivity index (χ0n) is 8.13. The molecule has 3 nitrogen and oxygen atoms in total. The van der Waals surface area contributed by atoms with Crippen molar-refractivity contribution in [2.75, 3.05) is 0 Å². The monoisotopic (exact) mass is 215 g/mol. The number of carboxylic acid groups (broad SMARTS) is 1. The van der Waals surface area contributed by atoms with E-state index in [1.165, 1.54) is 0 Å². The fourth-order valence-electron chi connectivity index (χ4n) is 1.24. The lowest BCUT2D eigenvalue weighted by atomic mass is 10.0. The highest BCUT2D eigenvalue weighted by Gasteiger charge is 2.15. The number of hydrogen-bond donors (Lipinski definition) is 2. The van der Waals surface area contributed by atoms with E-state index in [9.17, 15) is 13.6 Å². The topological polar surface area (TPSA) is 63.3 Å². The van der Waals surface area contributed by atoms with Crippen molar-refractivity contribution in [3.63, 3.8) is 0 Å². The summed E-state index contributed by atoms with van der Waals surface area (Å²) >= 11 is 0. The predicted octanol–water partition coefficient (Wildman–Crippen LogP) is 1.55. The van der Waals surface area contributed by atoms with Crippen LogP contribution in [-0.2, 0) is 6.42 Å². The van der Waals surface area contributed by atoms with E-state index in [0.29, 0.717) is 0 Å². The van der Waals surface area contributed by atoms with Gasteiger partial charge in [-0.15, -0.1) is 0 Å². The summed E-state index contributed by atoms with van der Waals surface area (Å²) in [6.07, 6.45) is 0.0393. The van der Waals surface area contributed by atoms with Crippen LogP contribution in [0.2, 0.25) is 0 Å². The Morgan fingerprint density at radius 3 is 2.27 bits per heavy atom. The first-order valence-electron chi connectivity index (χ1n) is 4.38. The highest BCUT2D eigenvalue weighted by molar-refractivity contribution is 5.87. The fraction of sp³-hybridized carbons (Fsp3) is 0.300. The van der Waals surface area contributed by atoms with Gasteiger partial charge in [-0.25, -0.2) is 13.6 Å². The van der Waals surface area contributed by atoms with Gasteiger partial charge in [-0.2, -0.15) is 0 Å². The van der Waals surface area contributed by atoms with Crippen molar-refractivity contribution in [1.29, 1.82) is 0 Å². The molecule has 1 rings (SSSR count). The fourth-order valence-corrected chi connectivity index (χ4v) is 1.24. The van der Waals surface area contributed by atoms with Crippen molar-refractivity contribution < 1.29 is 18.7 Å². The molecule has 15 heavy (non-hydrogen) atoms. The third-order valence-corrected chi connectivity index (χ3v) is 1.91. The quantitative estimate of drug-likeness (QED) is 0.804. The molecule has 0 saturated heterocycles. The van der Waals surface area contributed by atoms with Crippen molar-refractivity contribution in [3.8, 4) is 0 Å². The molecule has 0 fully saturated rings. The largest absolute Gasteiger partial charge is 0.478 e. The van der Waals surface area contributed by atoms with Crippen molar-refractivity contribution in [3.05, 3.63) is 34.9 Å². The third-order valence-electron chi connectivity index (χ3n) is 1.91. The van der Waals surface area contributed by atoms with E-state index < -0.39 is 23.2 Å². The van der Waals surface area contributed by atoms with Crippen molar-refractivity contribution in [2.45, 2.75) is 19.4 Å². The molecule has 0 aliphatic heterocycles. The van der Waals surface area contributed by atoms with Crippen molar-refractivity contribution >= 4 is 5.97 Å². The van der Waals surface area contributed by atoms with Crippen LogP contribution in [0.15, 0.2) is 12.1 Å². The van der Waals surface area contributed by atoms with Gasteiger partial charge in [0.25, 0.3) is 0 Å². The van der Waals surface area contributed by atoms with Crippen LogP contribution in [0.4, 0.5) is 8.78 Å². The third kappa shape index (κ3) is 2.73. The maximum absolute atomic E-state index is 13.3. The maximum Gasteiger partial charge on any atom is 0.335 e. The minimum absolute atomic E-state index is 0.0393. The van der Waals surface area contributed by atoms with Crippen LogP contribution in [-0.4, -0.2) is 17.1 Å². The second-order valence-electron chi connectivity index (χ2n) is 3.41. The molecule has 1 unspecified atom stereocenters. The predicted molar refractivity (Wildman–Crippen MR) is 50.7 cm³/mol. The Kier molecular flexibility index (Phi) is 3.36. The van der Waals surface area contributed by atoms with Crippen molar-refractivity contribution in [2.24, 2.45) is 5.73 Å². The molecule has 0 bridgehead atoms. The Balaban J connectivity index is 3.15. The summed E-state index contributed by atoms with van der Waals surface area (Å²) < 4.78 is 26.5. The second-order valence-corrected chi connectivity index (χ2v) is 3.41. The van der Waals surface area contributed by atoms with E-state index >= 15 is 0 Å². The van der Waals surface area contributed by atoms with Crippen LogP contribution in [0.5, 0.6) is 0 Å². The van der Waals surface area contributed by atoms with Crippen LogP contribution in [0.25, 0.3) is 0 Å². The molecule has 0 spiro atoms. The number of carbonyl (C=O) groups is 1. The van der Waals surface area contributed by atoms with Crippen LogP contribution in [0, 0.1) is 11.6 Å². The summed E-state index contributed by atoms with van der Waals surface area (Å²) in [5.41, 5.74) is 4.83. The molecule has 82 valence electrons. The summed E-state index contributed by atoms with van der Waals surface area (Å²) in [4.78, 5) is 10.5. The Hall–Kier alpha value is -1.49. The van der Waals surface area contributed by atoms with Gasteiger partial charge in [0.05, 0.1) is 5.56 Å². The molecule has 0 amide bonds. The van der Waals surface area contributed by atoms with Gasteiger partial charge < -0.3 is 10.8 Å². The molecule has 0 aliphatic rings. The summed E-state index contributed by atoms with van der Waals surface area (Å²) in [6, 6.07) is 1.20. The van der Waals surface area contributed by atoms with Gasteiger partial charge in [-0.1, -0.05) is 0 Å². The van der Waals surface area contributed by atoms with E-state index in [-0.39, 0.29) is 18.0 Å². The minimum atomic E-state index is -1.36. The van der Waals surface area contributed by atoms with Crippen LogP contribution < -0.4 is 5.73 Å². The molecular formula is C10H11F2NO2. The Morgan fingerprint density at radius 2 is 1.93 bits per heavy atom. The van der Waals surface area contributed by atoms with Gasteiger partial charge >= 0.3 is 5.97 Å². The van der Waals surface area contributed by atoms with Crippen molar-refractivity contribution in [1.82, 2.24) is 0 Å². The van der Waals surface area contributed by atoms with Gasteiger partial charge in [0.1, 0.15) is 11.6 Å². The van der Waals surface area contributed by atoms with Crippen LogP contribution in [0.1, 0.15) is 22.8 Å². The average molecular weight is 215 g/mol. The van der Waals surface area contributed by atoms with Gasteiger partial charge in [0, 0.05) is 11.6 Å². The van der Waals surface area contributed by atoms with Gasteiger partial charge in [-0.05, 0) is 25.5 Å². The highest BCUT2D eigenvalue weighted by atomic mass is 19.1. The summed E-state index contributed by atoms with van der Waals surface area (Å²) in [5, 5.41) is 8.55. The van der Waals surface area contributed by atoms with E-state index in [0.717, 1.165) is 12.1 Å². The molecule has 0 aliphatic carbocycles. The first kappa shape index (κ1) is 11.6. The molecule has 0 aromatic heterocycles. The number of hydrogen-bond acceptors (Lipinski definition) is 2. The lowest BCUT2D eigenvalue weighted by Gasteiger charge is -2.08. The minimum Gasteiger partial charge on any atom is -0.478 e. The number of rotatable bonds is 3. The number of halogens is 2. The maximum atomic E-state index is 13.3. The zero-order valence-corrected chi connectivity index (χ0v) is 8.13. The Bertz CT molecular complexity index is 368. The molecule has 0 heterocycles. The molecule has 1 aromatic rings. The van der Waals surface area contributed by atoms with E-state index in [4.69, 9.17) is 10.8 Å². The standard InChI is InChI=1S/C10H11F2NO2/c1-5(13)2-7-8(11)3-6(10(14)15)4-9(7)12/h3-5H,2,13H2,1H3,(H,14,15). The van der Waals surface area contributed by atoms with Gasteiger partial charge in [0.2, 0.25) is 0 Å². The Labute approximate surface area is 85.5 Å². The van der Waals surface area contributed by atoms with E-state index in [1.54, 1.807) is 6.92 Å². The normalized spacial score (nSPS) is 12.5. The number of aromatic carboxylic acids is 1. The lowest BCUT2D eigenvalue weighted by molar-refractivity contribution is 0.0695. The average Bonchev–Trinajstić information content (AvgIpc) is 2.10. The summed E-state index contributed by atoms with van der Waals surface area (Å²) in [5.74, 6) is -3.10. The molecule has 1 aromatic carbocycles. The molecule has 0 saturated carbocycles. The molecule has 5 heteroatoms. The first-order valence-corrected chi connectivity index (χ1v) is 4.38. The van der Waals surface area contributed by atoms with Gasteiger partial charge in [-0.3, -0.25) is 0 Å². The molecule has 1 atom stereocenters. The second kappa shape index (κ2) is 4.35. The Morgan fingerprint density at radius 1 is 1.47 bits per heavy atom. The van der Waals surface area contributed by atoms with E-state index in [2.05, 4.69) is 0 Å². The van der Waals surface area contributed by atoms with Crippen LogP contribution in [0.3, 0.4) is 0 Å². The zero-order chi connectivity index (χ0) is 11.6. The smallest absolute Gasteiger partial charge is 0.335 e. The summed E-state index contributed by atoms with van der Waals surface area (Å²) in [7, 11) is 0. The van der Waals surface area contributed by atoms with Crippen LogP contribution >= 0.6 is 0 Å². The number of nitrogens with two attached hydrogens (primary N) is 1.